The highest BCUT2D eigenvalue weighted by Crippen LogP contribution is 2.06. The first kappa shape index (κ1) is 11.1. The van der Waals surface area contributed by atoms with Crippen LogP contribution in [-0.2, 0) is 0 Å². The molecule has 1 aromatic rings. The summed E-state index contributed by atoms with van der Waals surface area (Å²) < 4.78 is 0. The van der Waals surface area contributed by atoms with E-state index in [1.54, 1.807) is 17.5 Å². The number of nitrogens with two attached hydrogens (primary N) is 1. The average molecular weight is 187 g/mol. The van der Waals surface area contributed by atoms with Crippen LogP contribution in [0.3, 0.4) is 0 Å². The van der Waals surface area contributed by atoms with E-state index in [1.165, 1.54) is 11.3 Å². The number of aromatic carboxylic acids is 1. The van der Waals surface area contributed by atoms with E-state index < -0.39 is 5.97 Å². The van der Waals surface area contributed by atoms with Gasteiger partial charge in [0.25, 0.3) is 0 Å². The first-order valence-corrected chi connectivity index (χ1v) is 4.44. The van der Waals surface area contributed by atoms with E-state index in [1.807, 2.05) is 13.8 Å². The van der Waals surface area contributed by atoms with Gasteiger partial charge in [-0.25, -0.2) is 4.79 Å². The molecule has 0 unspecified atom stereocenters. The molecule has 0 aliphatic heterocycles. The van der Waals surface area contributed by atoms with Crippen molar-refractivity contribution in [1.82, 2.24) is 0 Å². The maximum absolute atomic E-state index is 10.1. The normalized spacial score (nSPS) is 9.00. The Bertz CT molecular complexity index is 216. The monoisotopic (exact) mass is 187 g/mol. The fraction of sp³-hybridized carbons (Fsp3) is 0.375. The first-order valence-electron chi connectivity index (χ1n) is 3.56. The lowest BCUT2D eigenvalue weighted by Crippen LogP contribution is -2.06. The summed E-state index contributed by atoms with van der Waals surface area (Å²) >= 11 is 1.23. The van der Waals surface area contributed by atoms with E-state index in [2.05, 4.69) is 0 Å². The summed E-state index contributed by atoms with van der Waals surface area (Å²) in [4.78, 5) is 10.5. The molecule has 0 bridgehead atoms. The van der Waals surface area contributed by atoms with Crippen molar-refractivity contribution in [2.45, 2.75) is 19.9 Å². The third kappa shape index (κ3) is 5.88. The van der Waals surface area contributed by atoms with Gasteiger partial charge >= 0.3 is 5.97 Å². The van der Waals surface area contributed by atoms with Crippen molar-refractivity contribution in [3.63, 3.8) is 0 Å². The highest BCUT2D eigenvalue weighted by Gasteiger charge is 1.99. The summed E-state index contributed by atoms with van der Waals surface area (Å²) in [5, 5.41) is 10.0. The van der Waals surface area contributed by atoms with Crippen LogP contribution in [0, 0.1) is 0 Å². The number of carboxylic acid groups (broad SMARTS) is 1. The lowest BCUT2D eigenvalue weighted by molar-refractivity contribution is 0.0702. The first-order chi connectivity index (χ1) is 5.54. The van der Waals surface area contributed by atoms with Crippen LogP contribution in [0.25, 0.3) is 0 Å². The van der Waals surface area contributed by atoms with Crippen LogP contribution in [0.15, 0.2) is 17.5 Å². The molecule has 0 aliphatic rings. The van der Waals surface area contributed by atoms with Gasteiger partial charge in [0.15, 0.2) is 0 Å². The molecule has 3 N–H and O–H groups in total. The Balaban J connectivity index is 0.000000261. The fourth-order valence-electron chi connectivity index (χ4n) is 0.400. The molecular weight excluding hydrogens is 174 g/mol. The largest absolute Gasteiger partial charge is 0.477 e. The van der Waals surface area contributed by atoms with E-state index in [0.29, 0.717) is 10.9 Å². The van der Waals surface area contributed by atoms with Crippen LogP contribution in [0.5, 0.6) is 0 Å². The summed E-state index contributed by atoms with van der Waals surface area (Å²) in [6.45, 7) is 3.89. The van der Waals surface area contributed by atoms with Gasteiger partial charge in [-0.05, 0) is 17.5 Å². The van der Waals surface area contributed by atoms with Gasteiger partial charge < -0.3 is 10.8 Å². The Kier molecular flexibility index (Phi) is 5.32. The Hall–Kier alpha value is -0.870. The minimum Gasteiger partial charge on any atom is -0.477 e. The molecular formula is C8H13NO2S. The maximum Gasteiger partial charge on any atom is 0.345 e. The second-order valence-electron chi connectivity index (χ2n) is 2.53. The van der Waals surface area contributed by atoms with E-state index in [4.69, 9.17) is 10.8 Å². The van der Waals surface area contributed by atoms with E-state index >= 15 is 0 Å². The van der Waals surface area contributed by atoms with Crippen LogP contribution in [0.2, 0.25) is 0 Å². The van der Waals surface area contributed by atoms with Gasteiger partial charge in [0.05, 0.1) is 0 Å². The predicted octanol–water partition coefficient (Wildman–Crippen LogP) is 1.80. The van der Waals surface area contributed by atoms with Crippen molar-refractivity contribution in [2.75, 3.05) is 0 Å². The number of thiophene rings is 1. The average Bonchev–Trinajstić information content (AvgIpc) is 2.34. The molecule has 0 amide bonds. The summed E-state index contributed by atoms with van der Waals surface area (Å²) in [6, 6.07) is 3.63. The van der Waals surface area contributed by atoms with Crippen molar-refractivity contribution >= 4 is 17.3 Å². The van der Waals surface area contributed by atoms with Gasteiger partial charge in [-0.2, -0.15) is 0 Å². The van der Waals surface area contributed by atoms with Gasteiger partial charge in [-0.15, -0.1) is 11.3 Å². The Labute approximate surface area is 75.8 Å². The molecule has 0 aromatic carbocycles. The van der Waals surface area contributed by atoms with Gasteiger partial charge in [-0.1, -0.05) is 19.9 Å². The molecule has 0 spiro atoms. The minimum atomic E-state index is -0.847. The van der Waals surface area contributed by atoms with Crippen LogP contribution in [-0.4, -0.2) is 17.1 Å². The Morgan fingerprint density at radius 2 is 2.17 bits per heavy atom. The van der Waals surface area contributed by atoms with Crippen molar-refractivity contribution in [3.05, 3.63) is 22.4 Å². The molecule has 3 nitrogen and oxygen atoms in total. The van der Waals surface area contributed by atoms with Gasteiger partial charge in [0, 0.05) is 0 Å². The molecule has 12 heavy (non-hydrogen) atoms. The Morgan fingerprint density at radius 1 is 1.67 bits per heavy atom. The second kappa shape index (κ2) is 5.74. The second-order valence-corrected chi connectivity index (χ2v) is 3.47. The summed E-state index contributed by atoms with van der Waals surface area (Å²) in [5.74, 6) is -0.847. The molecule has 68 valence electrons. The van der Waals surface area contributed by atoms with Crippen molar-refractivity contribution in [1.29, 1.82) is 0 Å². The van der Waals surface area contributed by atoms with Crippen LogP contribution in [0.4, 0.5) is 0 Å². The van der Waals surface area contributed by atoms with Gasteiger partial charge in [0.1, 0.15) is 4.88 Å². The molecule has 1 heterocycles. The van der Waals surface area contributed by atoms with Crippen LogP contribution >= 0.6 is 11.3 Å². The quantitative estimate of drug-likeness (QED) is 0.704. The third-order valence-electron chi connectivity index (χ3n) is 0.732. The van der Waals surface area contributed by atoms with Crippen LogP contribution < -0.4 is 5.73 Å². The molecule has 0 saturated carbocycles. The standard InChI is InChI=1S/C5H4O2S.C3H9N/c6-5(7)4-2-1-3-8-4;1-3(2)4/h1-3H,(H,6,7);3H,4H2,1-2H3. The zero-order chi connectivity index (χ0) is 9.56. The van der Waals surface area contributed by atoms with E-state index in [-0.39, 0.29) is 0 Å². The molecule has 1 rings (SSSR count). The molecule has 0 radical (unpaired) electrons. The highest BCUT2D eigenvalue weighted by molar-refractivity contribution is 7.11. The molecule has 0 aliphatic carbocycles. The zero-order valence-corrected chi connectivity index (χ0v) is 7.97. The van der Waals surface area contributed by atoms with E-state index in [0.717, 1.165) is 0 Å². The van der Waals surface area contributed by atoms with Crippen molar-refractivity contribution < 1.29 is 9.90 Å². The minimum absolute atomic E-state index is 0.333. The molecule has 4 heteroatoms. The smallest absolute Gasteiger partial charge is 0.345 e. The Morgan fingerprint density at radius 3 is 2.33 bits per heavy atom. The fourth-order valence-corrected chi connectivity index (χ4v) is 0.962. The third-order valence-corrected chi connectivity index (χ3v) is 1.59. The number of hydrogen-bond acceptors (Lipinski definition) is 3. The SMILES string of the molecule is CC(C)N.O=C(O)c1cccs1. The lowest BCUT2D eigenvalue weighted by Gasteiger charge is -1.81. The van der Waals surface area contributed by atoms with Crippen molar-refractivity contribution in [2.24, 2.45) is 5.73 Å². The maximum atomic E-state index is 10.1. The number of carbonyl (C=O) groups is 1. The summed E-state index contributed by atoms with van der Waals surface area (Å²) in [5.41, 5.74) is 5.11. The highest BCUT2D eigenvalue weighted by atomic mass is 32.1. The molecule has 0 atom stereocenters. The van der Waals surface area contributed by atoms with Crippen molar-refractivity contribution in [3.8, 4) is 0 Å². The number of carboxylic acids is 1. The van der Waals surface area contributed by atoms with Gasteiger partial charge in [0.2, 0.25) is 0 Å². The van der Waals surface area contributed by atoms with Gasteiger partial charge in [-0.3, -0.25) is 0 Å². The van der Waals surface area contributed by atoms with Crippen LogP contribution in [0.1, 0.15) is 23.5 Å². The number of rotatable bonds is 1. The lowest BCUT2D eigenvalue weighted by atomic mass is 10.5. The summed E-state index contributed by atoms with van der Waals surface area (Å²) in [6.07, 6.45) is 0. The molecule has 0 fully saturated rings. The predicted molar refractivity (Wildman–Crippen MR) is 50.6 cm³/mol. The summed E-state index contributed by atoms with van der Waals surface area (Å²) in [7, 11) is 0. The molecule has 1 aromatic heterocycles. The zero-order valence-electron chi connectivity index (χ0n) is 7.15. The number of hydrogen-bond donors (Lipinski definition) is 2. The molecule has 0 saturated heterocycles. The topological polar surface area (TPSA) is 63.3 Å². The van der Waals surface area contributed by atoms with E-state index in [9.17, 15) is 4.79 Å².